The Labute approximate surface area is 131 Å². The SMILES string of the molecule is CC(=O)c1ccc(-c2cnc(Nc3cccc(N)c3)nc2)s1. The van der Waals surface area contributed by atoms with Crippen LogP contribution in [0.2, 0.25) is 0 Å². The molecule has 0 spiro atoms. The first-order valence-corrected chi connectivity index (χ1v) is 7.49. The van der Waals surface area contributed by atoms with Crippen molar-refractivity contribution in [1.29, 1.82) is 0 Å². The van der Waals surface area contributed by atoms with Crippen LogP contribution in [0, 0.1) is 0 Å². The van der Waals surface area contributed by atoms with Gasteiger partial charge in [-0.2, -0.15) is 0 Å². The fraction of sp³-hybridized carbons (Fsp3) is 0.0625. The molecule has 0 unspecified atom stereocenters. The summed E-state index contributed by atoms with van der Waals surface area (Å²) in [4.78, 5) is 21.6. The van der Waals surface area contributed by atoms with Gasteiger partial charge in [0.25, 0.3) is 0 Å². The summed E-state index contributed by atoms with van der Waals surface area (Å²) >= 11 is 1.44. The molecular formula is C16H14N4OS. The molecule has 0 saturated heterocycles. The average Bonchev–Trinajstić information content (AvgIpc) is 2.98. The Morgan fingerprint density at radius 2 is 1.95 bits per heavy atom. The lowest BCUT2D eigenvalue weighted by atomic mass is 10.2. The number of nitrogens with two attached hydrogens (primary N) is 1. The molecule has 0 amide bonds. The van der Waals surface area contributed by atoms with Gasteiger partial charge >= 0.3 is 0 Å². The second kappa shape index (κ2) is 5.95. The zero-order chi connectivity index (χ0) is 15.5. The highest BCUT2D eigenvalue weighted by Crippen LogP contribution is 2.28. The number of nitrogen functional groups attached to an aromatic ring is 1. The van der Waals surface area contributed by atoms with Crippen molar-refractivity contribution in [2.24, 2.45) is 0 Å². The van der Waals surface area contributed by atoms with E-state index >= 15 is 0 Å². The smallest absolute Gasteiger partial charge is 0.227 e. The molecule has 1 aromatic carbocycles. The number of thiophene rings is 1. The lowest BCUT2D eigenvalue weighted by Crippen LogP contribution is -1.97. The van der Waals surface area contributed by atoms with Crippen molar-refractivity contribution in [2.75, 3.05) is 11.1 Å². The third kappa shape index (κ3) is 3.12. The number of rotatable bonds is 4. The number of carbonyl (C=O) groups is 1. The van der Waals surface area contributed by atoms with Gasteiger partial charge in [0.2, 0.25) is 5.95 Å². The van der Waals surface area contributed by atoms with Crippen molar-refractivity contribution in [1.82, 2.24) is 9.97 Å². The molecule has 110 valence electrons. The number of benzene rings is 1. The van der Waals surface area contributed by atoms with Crippen LogP contribution in [0.15, 0.2) is 48.8 Å². The highest BCUT2D eigenvalue weighted by atomic mass is 32.1. The van der Waals surface area contributed by atoms with Crippen LogP contribution in [0.3, 0.4) is 0 Å². The minimum absolute atomic E-state index is 0.0668. The molecule has 6 heteroatoms. The Hall–Kier alpha value is -2.73. The van der Waals surface area contributed by atoms with Gasteiger partial charge < -0.3 is 11.1 Å². The van der Waals surface area contributed by atoms with E-state index in [1.165, 1.54) is 11.3 Å². The summed E-state index contributed by atoms with van der Waals surface area (Å²) < 4.78 is 0. The number of anilines is 3. The highest BCUT2D eigenvalue weighted by Gasteiger charge is 2.07. The van der Waals surface area contributed by atoms with Crippen molar-refractivity contribution < 1.29 is 4.79 Å². The second-order valence-electron chi connectivity index (χ2n) is 4.77. The van der Waals surface area contributed by atoms with Crippen LogP contribution < -0.4 is 11.1 Å². The van der Waals surface area contributed by atoms with Crippen LogP contribution in [-0.4, -0.2) is 15.8 Å². The largest absolute Gasteiger partial charge is 0.399 e. The number of aromatic nitrogens is 2. The summed E-state index contributed by atoms with van der Waals surface area (Å²) in [5.41, 5.74) is 8.13. The van der Waals surface area contributed by atoms with Gasteiger partial charge in [0.1, 0.15) is 0 Å². The molecule has 0 aliphatic rings. The number of nitrogens with one attached hydrogen (secondary N) is 1. The minimum Gasteiger partial charge on any atom is -0.399 e. The second-order valence-corrected chi connectivity index (χ2v) is 5.85. The third-order valence-electron chi connectivity index (χ3n) is 3.03. The molecule has 3 rings (SSSR count). The Bertz CT molecular complexity index is 811. The van der Waals surface area contributed by atoms with Crippen molar-refractivity contribution in [3.05, 3.63) is 53.7 Å². The van der Waals surface area contributed by atoms with Crippen LogP contribution in [-0.2, 0) is 0 Å². The monoisotopic (exact) mass is 310 g/mol. The maximum Gasteiger partial charge on any atom is 0.227 e. The highest BCUT2D eigenvalue weighted by molar-refractivity contribution is 7.17. The first-order valence-electron chi connectivity index (χ1n) is 6.67. The van der Waals surface area contributed by atoms with Crippen molar-refractivity contribution in [2.45, 2.75) is 6.92 Å². The predicted octanol–water partition coefficient (Wildman–Crippen LogP) is 3.73. The van der Waals surface area contributed by atoms with E-state index in [0.717, 1.165) is 21.0 Å². The molecule has 2 aromatic heterocycles. The zero-order valence-corrected chi connectivity index (χ0v) is 12.7. The number of hydrogen-bond donors (Lipinski definition) is 2. The average molecular weight is 310 g/mol. The molecule has 3 aromatic rings. The summed E-state index contributed by atoms with van der Waals surface area (Å²) in [6.45, 7) is 1.56. The van der Waals surface area contributed by atoms with Crippen LogP contribution in [0.1, 0.15) is 16.6 Å². The fourth-order valence-corrected chi connectivity index (χ4v) is 2.82. The lowest BCUT2D eigenvalue weighted by molar-refractivity contribution is 0.102. The summed E-state index contributed by atoms with van der Waals surface area (Å²) in [7, 11) is 0. The fourth-order valence-electron chi connectivity index (χ4n) is 1.95. The Balaban J connectivity index is 1.78. The van der Waals surface area contributed by atoms with Gasteiger partial charge in [0, 0.05) is 34.2 Å². The number of hydrogen-bond acceptors (Lipinski definition) is 6. The van der Waals surface area contributed by atoms with Gasteiger partial charge in [-0.25, -0.2) is 9.97 Å². The molecule has 0 atom stereocenters. The van der Waals surface area contributed by atoms with Gasteiger partial charge in [-0.1, -0.05) is 6.07 Å². The quantitative estimate of drug-likeness (QED) is 0.567. The van der Waals surface area contributed by atoms with Crippen LogP contribution >= 0.6 is 11.3 Å². The first kappa shape index (κ1) is 14.2. The van der Waals surface area contributed by atoms with E-state index in [0.29, 0.717) is 11.6 Å². The summed E-state index contributed by atoms with van der Waals surface area (Å²) in [5, 5.41) is 3.09. The third-order valence-corrected chi connectivity index (χ3v) is 4.27. The van der Waals surface area contributed by atoms with Crippen molar-refractivity contribution >= 4 is 34.4 Å². The molecule has 2 heterocycles. The van der Waals surface area contributed by atoms with E-state index in [1.54, 1.807) is 19.3 Å². The molecule has 0 aliphatic heterocycles. The van der Waals surface area contributed by atoms with E-state index in [9.17, 15) is 4.79 Å². The van der Waals surface area contributed by atoms with Crippen LogP contribution in [0.4, 0.5) is 17.3 Å². The molecule has 0 fully saturated rings. The molecule has 0 aliphatic carbocycles. The van der Waals surface area contributed by atoms with Gasteiger partial charge in [-0.3, -0.25) is 4.79 Å². The molecule has 3 N–H and O–H groups in total. The minimum atomic E-state index is 0.0668. The van der Waals surface area contributed by atoms with Crippen LogP contribution in [0.5, 0.6) is 0 Å². The molecule has 0 bridgehead atoms. The lowest BCUT2D eigenvalue weighted by Gasteiger charge is -2.05. The maximum atomic E-state index is 11.3. The van der Waals surface area contributed by atoms with Crippen molar-refractivity contribution in [3.63, 3.8) is 0 Å². The predicted molar refractivity (Wildman–Crippen MR) is 89.5 cm³/mol. The number of Topliss-reactive ketones (excluding diaryl/α,β-unsaturated/α-hetero) is 1. The van der Waals surface area contributed by atoms with Gasteiger partial charge in [0.05, 0.1) is 4.88 Å². The van der Waals surface area contributed by atoms with Gasteiger partial charge in [0.15, 0.2) is 5.78 Å². The standard InChI is InChI=1S/C16H14N4OS/c1-10(21)14-5-6-15(22-14)11-8-18-16(19-9-11)20-13-4-2-3-12(17)7-13/h2-9H,17H2,1H3,(H,18,19,20). The molecular weight excluding hydrogens is 296 g/mol. The zero-order valence-electron chi connectivity index (χ0n) is 11.9. The molecule has 0 radical (unpaired) electrons. The molecule has 0 saturated carbocycles. The molecule has 22 heavy (non-hydrogen) atoms. The Morgan fingerprint density at radius 3 is 2.59 bits per heavy atom. The molecule has 5 nitrogen and oxygen atoms in total. The Morgan fingerprint density at radius 1 is 1.18 bits per heavy atom. The summed E-state index contributed by atoms with van der Waals surface area (Å²) in [6.07, 6.45) is 3.47. The van der Waals surface area contributed by atoms with Crippen molar-refractivity contribution in [3.8, 4) is 10.4 Å². The number of nitrogens with zero attached hydrogens (tertiary/aromatic N) is 2. The van der Waals surface area contributed by atoms with Gasteiger partial charge in [-0.05, 0) is 37.3 Å². The topological polar surface area (TPSA) is 80.9 Å². The normalized spacial score (nSPS) is 10.4. The number of carbonyl (C=O) groups excluding carboxylic acids is 1. The number of ketones is 1. The van der Waals surface area contributed by atoms with E-state index in [2.05, 4.69) is 15.3 Å². The van der Waals surface area contributed by atoms with Crippen LogP contribution in [0.25, 0.3) is 10.4 Å². The maximum absolute atomic E-state index is 11.3. The van der Waals surface area contributed by atoms with E-state index in [-0.39, 0.29) is 5.78 Å². The summed E-state index contributed by atoms with van der Waals surface area (Å²) in [6, 6.07) is 11.1. The van der Waals surface area contributed by atoms with Gasteiger partial charge in [-0.15, -0.1) is 11.3 Å². The Kier molecular flexibility index (Phi) is 3.84. The van der Waals surface area contributed by atoms with E-state index in [4.69, 9.17) is 5.73 Å². The van der Waals surface area contributed by atoms with E-state index < -0.39 is 0 Å². The first-order chi connectivity index (χ1) is 10.6. The van der Waals surface area contributed by atoms with E-state index in [1.807, 2.05) is 36.4 Å². The summed E-state index contributed by atoms with van der Waals surface area (Å²) in [5.74, 6) is 0.565.